The average Bonchev–Trinajstić information content (AvgIpc) is 2.82. The second-order valence-electron chi connectivity index (χ2n) is 4.91. The number of anilines is 2. The lowest BCUT2D eigenvalue weighted by atomic mass is 10.1. The first-order valence-corrected chi connectivity index (χ1v) is 6.52. The fourth-order valence-corrected chi connectivity index (χ4v) is 2.69. The predicted molar refractivity (Wildman–Crippen MR) is 78.6 cm³/mol. The Morgan fingerprint density at radius 1 is 1.21 bits per heavy atom. The summed E-state index contributed by atoms with van der Waals surface area (Å²) in [6.45, 7) is 1.94. The van der Waals surface area contributed by atoms with Crippen LogP contribution in [-0.2, 0) is 13.0 Å². The number of para-hydroxylation sites is 1. The smallest absolute Gasteiger partial charge is 0.121 e. The van der Waals surface area contributed by atoms with Gasteiger partial charge >= 0.3 is 0 Å². The van der Waals surface area contributed by atoms with Crippen molar-refractivity contribution in [1.82, 2.24) is 0 Å². The van der Waals surface area contributed by atoms with Crippen molar-refractivity contribution in [3.63, 3.8) is 0 Å². The largest absolute Gasteiger partial charge is 0.497 e. The van der Waals surface area contributed by atoms with Gasteiger partial charge in [0.1, 0.15) is 5.75 Å². The van der Waals surface area contributed by atoms with Crippen LogP contribution in [-0.4, -0.2) is 13.7 Å². The summed E-state index contributed by atoms with van der Waals surface area (Å²) in [6.07, 6.45) is 1.12. The lowest BCUT2D eigenvalue weighted by Gasteiger charge is -2.20. The van der Waals surface area contributed by atoms with Crippen LogP contribution in [0.2, 0.25) is 0 Å². The van der Waals surface area contributed by atoms with Gasteiger partial charge in [0.05, 0.1) is 7.11 Å². The molecule has 2 N–H and O–H groups in total. The van der Waals surface area contributed by atoms with Gasteiger partial charge in [-0.3, -0.25) is 0 Å². The molecule has 3 heteroatoms. The van der Waals surface area contributed by atoms with Crippen LogP contribution in [0.15, 0.2) is 42.5 Å². The Morgan fingerprint density at radius 2 is 2.05 bits per heavy atom. The van der Waals surface area contributed by atoms with E-state index in [9.17, 15) is 0 Å². The molecule has 98 valence electrons. The van der Waals surface area contributed by atoms with Gasteiger partial charge in [0.25, 0.3) is 0 Å². The van der Waals surface area contributed by atoms with Gasteiger partial charge < -0.3 is 15.4 Å². The van der Waals surface area contributed by atoms with Gasteiger partial charge in [0.15, 0.2) is 0 Å². The van der Waals surface area contributed by atoms with Crippen LogP contribution in [0.5, 0.6) is 5.75 Å². The molecule has 0 atom stereocenters. The molecule has 1 aliphatic heterocycles. The maximum Gasteiger partial charge on any atom is 0.121 e. The van der Waals surface area contributed by atoms with E-state index >= 15 is 0 Å². The lowest BCUT2D eigenvalue weighted by molar-refractivity contribution is 0.414. The number of ether oxygens (including phenoxy) is 1. The molecule has 0 aliphatic carbocycles. The summed E-state index contributed by atoms with van der Waals surface area (Å²) < 4.78 is 5.27. The molecular weight excluding hydrogens is 236 g/mol. The van der Waals surface area contributed by atoms with Crippen LogP contribution in [0.3, 0.4) is 0 Å². The Bertz CT molecular complexity index is 595. The third kappa shape index (κ3) is 2.36. The Balaban J connectivity index is 1.85. The zero-order chi connectivity index (χ0) is 13.2. The van der Waals surface area contributed by atoms with Gasteiger partial charge in [-0.05, 0) is 35.7 Å². The molecule has 3 nitrogen and oxygen atoms in total. The minimum Gasteiger partial charge on any atom is -0.497 e. The molecule has 19 heavy (non-hydrogen) atoms. The van der Waals surface area contributed by atoms with Gasteiger partial charge in [0, 0.05) is 30.5 Å². The minimum atomic E-state index is 0.752. The molecule has 0 spiro atoms. The molecular formula is C16H18N2O. The summed E-state index contributed by atoms with van der Waals surface area (Å²) in [7, 11) is 1.67. The quantitative estimate of drug-likeness (QED) is 0.856. The maximum atomic E-state index is 5.91. The zero-order valence-electron chi connectivity index (χ0n) is 11.1. The number of nitrogen functional groups attached to an aromatic ring is 1. The summed E-state index contributed by atoms with van der Waals surface area (Å²) in [4.78, 5) is 2.39. The van der Waals surface area contributed by atoms with Crippen LogP contribution < -0.4 is 15.4 Å². The van der Waals surface area contributed by atoms with Crippen LogP contribution in [0, 0.1) is 0 Å². The molecule has 2 aromatic carbocycles. The highest BCUT2D eigenvalue weighted by atomic mass is 16.5. The molecule has 0 unspecified atom stereocenters. The highest BCUT2D eigenvalue weighted by Crippen LogP contribution is 2.29. The molecule has 0 saturated heterocycles. The second kappa shape index (κ2) is 4.84. The summed E-state index contributed by atoms with van der Waals surface area (Å²) in [5, 5.41) is 0. The van der Waals surface area contributed by atoms with Crippen molar-refractivity contribution in [2.24, 2.45) is 0 Å². The van der Waals surface area contributed by atoms with E-state index in [1.165, 1.54) is 16.8 Å². The fourth-order valence-electron chi connectivity index (χ4n) is 2.69. The monoisotopic (exact) mass is 254 g/mol. The molecule has 0 fully saturated rings. The zero-order valence-corrected chi connectivity index (χ0v) is 11.1. The van der Waals surface area contributed by atoms with E-state index in [4.69, 9.17) is 10.5 Å². The fraction of sp³-hybridized carbons (Fsp3) is 0.250. The van der Waals surface area contributed by atoms with E-state index in [0.717, 1.165) is 30.9 Å². The Labute approximate surface area is 113 Å². The number of fused-ring (bicyclic) bond motifs is 1. The Morgan fingerprint density at radius 3 is 2.89 bits per heavy atom. The first-order chi connectivity index (χ1) is 9.26. The number of rotatable bonds is 3. The molecule has 3 rings (SSSR count). The number of methoxy groups -OCH3 is 1. The summed E-state index contributed by atoms with van der Waals surface area (Å²) in [5.74, 6) is 0.822. The standard InChI is InChI=1S/C16H18N2O/c1-19-15-9-12(8-14(17)10-15)11-18-7-6-13-4-2-3-5-16(13)18/h2-5,8-10H,6-7,11,17H2,1H3. The second-order valence-corrected chi connectivity index (χ2v) is 4.91. The molecule has 2 aromatic rings. The minimum absolute atomic E-state index is 0.752. The van der Waals surface area contributed by atoms with Crippen LogP contribution >= 0.6 is 0 Å². The molecule has 0 amide bonds. The molecule has 0 radical (unpaired) electrons. The first-order valence-electron chi connectivity index (χ1n) is 6.52. The van der Waals surface area contributed by atoms with Crippen molar-refractivity contribution in [3.05, 3.63) is 53.6 Å². The van der Waals surface area contributed by atoms with E-state index in [1.807, 2.05) is 12.1 Å². The topological polar surface area (TPSA) is 38.5 Å². The molecule has 1 heterocycles. The van der Waals surface area contributed by atoms with Gasteiger partial charge in [-0.25, -0.2) is 0 Å². The number of nitrogens with two attached hydrogens (primary N) is 1. The highest BCUT2D eigenvalue weighted by Gasteiger charge is 2.18. The van der Waals surface area contributed by atoms with E-state index in [-0.39, 0.29) is 0 Å². The molecule has 0 saturated carbocycles. The number of nitrogens with zero attached hydrogens (tertiary/aromatic N) is 1. The Kier molecular flexibility index (Phi) is 3.03. The predicted octanol–water partition coefficient (Wildman–Crippen LogP) is 2.84. The maximum absolute atomic E-state index is 5.91. The normalized spacial score (nSPS) is 13.4. The highest BCUT2D eigenvalue weighted by molar-refractivity contribution is 5.58. The van der Waals surface area contributed by atoms with Gasteiger partial charge in [-0.2, -0.15) is 0 Å². The SMILES string of the molecule is COc1cc(N)cc(CN2CCc3ccccc32)c1. The van der Waals surface area contributed by atoms with Crippen molar-refractivity contribution in [2.45, 2.75) is 13.0 Å². The molecule has 0 aromatic heterocycles. The third-order valence-electron chi connectivity index (χ3n) is 3.58. The van der Waals surface area contributed by atoms with Crippen LogP contribution in [0.4, 0.5) is 11.4 Å². The van der Waals surface area contributed by atoms with Gasteiger partial charge in [-0.1, -0.05) is 18.2 Å². The summed E-state index contributed by atoms with van der Waals surface area (Å²) in [5.41, 5.74) is 10.6. The molecule has 1 aliphatic rings. The van der Waals surface area contributed by atoms with Crippen molar-refractivity contribution in [3.8, 4) is 5.75 Å². The summed E-state index contributed by atoms with van der Waals surface area (Å²) in [6, 6.07) is 14.5. The average molecular weight is 254 g/mol. The van der Waals surface area contributed by atoms with Crippen molar-refractivity contribution in [1.29, 1.82) is 0 Å². The third-order valence-corrected chi connectivity index (χ3v) is 3.58. The molecule has 0 bridgehead atoms. The van der Waals surface area contributed by atoms with E-state index in [2.05, 4.69) is 35.2 Å². The van der Waals surface area contributed by atoms with Gasteiger partial charge in [0.2, 0.25) is 0 Å². The van der Waals surface area contributed by atoms with Crippen LogP contribution in [0.25, 0.3) is 0 Å². The van der Waals surface area contributed by atoms with Crippen molar-refractivity contribution < 1.29 is 4.74 Å². The van der Waals surface area contributed by atoms with E-state index in [0.29, 0.717) is 0 Å². The van der Waals surface area contributed by atoms with Crippen molar-refractivity contribution in [2.75, 3.05) is 24.3 Å². The van der Waals surface area contributed by atoms with Gasteiger partial charge in [-0.15, -0.1) is 0 Å². The van der Waals surface area contributed by atoms with E-state index in [1.54, 1.807) is 7.11 Å². The van der Waals surface area contributed by atoms with Crippen molar-refractivity contribution >= 4 is 11.4 Å². The number of benzene rings is 2. The lowest BCUT2D eigenvalue weighted by Crippen LogP contribution is -2.19. The van der Waals surface area contributed by atoms with Crippen LogP contribution in [0.1, 0.15) is 11.1 Å². The van der Waals surface area contributed by atoms with E-state index < -0.39 is 0 Å². The number of hydrogen-bond donors (Lipinski definition) is 1. The number of hydrogen-bond acceptors (Lipinski definition) is 3. The summed E-state index contributed by atoms with van der Waals surface area (Å²) >= 11 is 0. The Hall–Kier alpha value is -2.16. The first kappa shape index (κ1) is 11.9.